The summed E-state index contributed by atoms with van der Waals surface area (Å²) in [6, 6.07) is 0.296. The Hall–Kier alpha value is -0.650. The summed E-state index contributed by atoms with van der Waals surface area (Å²) in [6.07, 6.45) is 4.75. The molecule has 0 aliphatic heterocycles. The van der Waals surface area contributed by atoms with E-state index in [2.05, 4.69) is 5.32 Å². The van der Waals surface area contributed by atoms with Gasteiger partial charge in [-0.05, 0) is 31.6 Å². The fourth-order valence-corrected chi connectivity index (χ4v) is 2.24. The average Bonchev–Trinajstić information content (AvgIpc) is 2.27. The largest absolute Gasteiger partial charge is 0.395 e. The van der Waals surface area contributed by atoms with E-state index >= 15 is 0 Å². The van der Waals surface area contributed by atoms with Crippen molar-refractivity contribution in [1.82, 2.24) is 5.32 Å². The van der Waals surface area contributed by atoms with Crippen molar-refractivity contribution < 1.29 is 9.90 Å². The Balaban J connectivity index is 2.14. The third kappa shape index (κ3) is 4.92. The predicted octanol–water partition coefficient (Wildman–Crippen LogP) is -0.670. The molecule has 1 rings (SSSR count). The van der Waals surface area contributed by atoms with E-state index in [9.17, 15) is 4.79 Å². The van der Waals surface area contributed by atoms with E-state index < -0.39 is 0 Å². The molecule has 1 aliphatic carbocycles. The van der Waals surface area contributed by atoms with Crippen molar-refractivity contribution in [2.75, 3.05) is 13.2 Å². The van der Waals surface area contributed by atoms with E-state index in [0.717, 1.165) is 25.7 Å². The third-order valence-corrected chi connectivity index (χ3v) is 3.24. The monoisotopic (exact) mass is 229 g/mol. The maximum Gasteiger partial charge on any atom is 0.217 e. The van der Waals surface area contributed by atoms with Crippen LogP contribution in [-0.4, -0.2) is 36.2 Å². The van der Waals surface area contributed by atoms with Crippen LogP contribution in [0, 0.1) is 5.92 Å². The topological polar surface area (TPSA) is 101 Å². The molecule has 1 saturated carbocycles. The van der Waals surface area contributed by atoms with Crippen LogP contribution in [0.25, 0.3) is 0 Å². The van der Waals surface area contributed by atoms with Gasteiger partial charge in [-0.25, -0.2) is 0 Å². The minimum Gasteiger partial charge on any atom is -0.395 e. The first-order valence-corrected chi connectivity index (χ1v) is 6.00. The molecule has 1 amide bonds. The highest BCUT2D eigenvalue weighted by molar-refractivity contribution is 5.73. The first-order chi connectivity index (χ1) is 7.61. The summed E-state index contributed by atoms with van der Waals surface area (Å²) < 4.78 is 0. The number of nitrogens with two attached hydrogens (primary N) is 2. The fraction of sp³-hybridized carbons (Fsp3) is 0.909. The molecule has 0 aromatic carbocycles. The second-order valence-corrected chi connectivity index (χ2v) is 4.74. The lowest BCUT2D eigenvalue weighted by Crippen LogP contribution is -2.43. The van der Waals surface area contributed by atoms with Crippen molar-refractivity contribution in [3.8, 4) is 0 Å². The normalized spacial score (nSPS) is 27.6. The maximum absolute atomic E-state index is 10.8. The van der Waals surface area contributed by atoms with Crippen molar-refractivity contribution in [2.45, 2.75) is 44.2 Å². The summed E-state index contributed by atoms with van der Waals surface area (Å²) in [7, 11) is 0. The van der Waals surface area contributed by atoms with Gasteiger partial charge in [-0.15, -0.1) is 0 Å². The molecule has 0 radical (unpaired) electrons. The van der Waals surface area contributed by atoms with Crippen LogP contribution in [-0.2, 0) is 4.79 Å². The molecule has 1 atom stereocenters. The first kappa shape index (κ1) is 13.4. The van der Waals surface area contributed by atoms with Crippen LogP contribution in [0.1, 0.15) is 32.1 Å². The van der Waals surface area contributed by atoms with E-state index in [1.165, 1.54) is 0 Å². The number of carbonyl (C=O) groups excluding carboxylic acids is 1. The number of hydrogen-bond acceptors (Lipinski definition) is 4. The summed E-state index contributed by atoms with van der Waals surface area (Å²) in [5, 5.41) is 12.1. The summed E-state index contributed by atoms with van der Waals surface area (Å²) >= 11 is 0. The molecular formula is C11H23N3O2. The van der Waals surface area contributed by atoms with Gasteiger partial charge in [-0.2, -0.15) is 0 Å². The zero-order valence-corrected chi connectivity index (χ0v) is 9.69. The van der Waals surface area contributed by atoms with Gasteiger partial charge in [-0.3, -0.25) is 4.79 Å². The highest BCUT2D eigenvalue weighted by Crippen LogP contribution is 2.26. The van der Waals surface area contributed by atoms with Crippen LogP contribution in [0.2, 0.25) is 0 Å². The van der Waals surface area contributed by atoms with Crippen molar-refractivity contribution in [3.63, 3.8) is 0 Å². The smallest absolute Gasteiger partial charge is 0.217 e. The number of aliphatic hydroxyl groups is 1. The van der Waals surface area contributed by atoms with Crippen molar-refractivity contribution in [2.24, 2.45) is 17.4 Å². The van der Waals surface area contributed by atoms with Crippen molar-refractivity contribution in [3.05, 3.63) is 0 Å². The molecule has 94 valence electrons. The van der Waals surface area contributed by atoms with Crippen LogP contribution in [0.15, 0.2) is 0 Å². The lowest BCUT2D eigenvalue weighted by atomic mass is 9.84. The molecule has 6 N–H and O–H groups in total. The van der Waals surface area contributed by atoms with Crippen LogP contribution in [0.5, 0.6) is 0 Å². The van der Waals surface area contributed by atoms with E-state index in [0.29, 0.717) is 24.9 Å². The molecule has 0 aromatic heterocycles. The van der Waals surface area contributed by atoms with Gasteiger partial charge in [0.1, 0.15) is 0 Å². The highest BCUT2D eigenvalue weighted by atomic mass is 16.3. The molecule has 5 nitrogen and oxygen atoms in total. The summed E-state index contributed by atoms with van der Waals surface area (Å²) in [4.78, 5) is 10.8. The lowest BCUT2D eigenvalue weighted by molar-refractivity contribution is -0.119. The Kier molecular flexibility index (Phi) is 5.73. The average molecular weight is 229 g/mol. The van der Waals surface area contributed by atoms with Gasteiger partial charge < -0.3 is 21.9 Å². The number of aliphatic hydroxyl groups excluding tert-OH is 1. The minimum atomic E-state index is -0.196. The molecule has 0 unspecified atom stereocenters. The zero-order valence-electron chi connectivity index (χ0n) is 9.69. The molecule has 0 spiro atoms. The number of nitrogens with one attached hydrogen (secondary N) is 1. The number of carbonyl (C=O) groups is 1. The van der Waals surface area contributed by atoms with Crippen LogP contribution in [0.4, 0.5) is 0 Å². The van der Waals surface area contributed by atoms with Crippen molar-refractivity contribution >= 4 is 5.91 Å². The van der Waals surface area contributed by atoms with E-state index in [-0.39, 0.29) is 18.6 Å². The van der Waals surface area contributed by atoms with Gasteiger partial charge in [0, 0.05) is 25.0 Å². The molecule has 0 heterocycles. The Bertz CT molecular complexity index is 215. The molecule has 16 heavy (non-hydrogen) atoms. The van der Waals surface area contributed by atoms with E-state index in [4.69, 9.17) is 16.6 Å². The van der Waals surface area contributed by atoms with Crippen LogP contribution >= 0.6 is 0 Å². The summed E-state index contributed by atoms with van der Waals surface area (Å²) in [5.74, 6) is 0.265. The quantitative estimate of drug-likeness (QED) is 0.485. The third-order valence-electron chi connectivity index (χ3n) is 3.24. The summed E-state index contributed by atoms with van der Waals surface area (Å²) in [5.41, 5.74) is 10.8. The van der Waals surface area contributed by atoms with Gasteiger partial charge in [0.15, 0.2) is 0 Å². The fourth-order valence-electron chi connectivity index (χ4n) is 2.24. The number of hydrogen-bond donors (Lipinski definition) is 4. The predicted molar refractivity (Wildman–Crippen MR) is 62.6 cm³/mol. The lowest BCUT2D eigenvalue weighted by Gasteiger charge is -2.29. The number of amides is 1. The zero-order chi connectivity index (χ0) is 12.0. The second kappa shape index (κ2) is 6.83. The highest BCUT2D eigenvalue weighted by Gasteiger charge is 2.22. The van der Waals surface area contributed by atoms with Crippen molar-refractivity contribution in [1.29, 1.82) is 0 Å². The first-order valence-electron chi connectivity index (χ1n) is 6.00. The van der Waals surface area contributed by atoms with E-state index in [1.807, 2.05) is 0 Å². The van der Waals surface area contributed by atoms with E-state index in [1.54, 1.807) is 0 Å². The Labute approximate surface area is 96.6 Å². The van der Waals surface area contributed by atoms with Crippen LogP contribution in [0.3, 0.4) is 0 Å². The number of primary amides is 1. The standard InChI is InChI=1S/C11H23N3O2/c12-9(7-15)6-14-10-3-1-8(2-4-10)5-11(13)16/h8-10,14-15H,1-7,12H2,(H2,13,16)/t8?,9-,10?/m0/s1. The molecule has 1 fully saturated rings. The molecule has 0 bridgehead atoms. The van der Waals surface area contributed by atoms with Gasteiger partial charge in [-0.1, -0.05) is 0 Å². The molecular weight excluding hydrogens is 206 g/mol. The SMILES string of the molecule is NC(=O)CC1CCC(NC[C@H](N)CO)CC1. The summed E-state index contributed by atoms with van der Waals surface area (Å²) in [6.45, 7) is 0.672. The molecule has 0 saturated heterocycles. The molecule has 5 heteroatoms. The number of rotatable bonds is 6. The van der Waals surface area contributed by atoms with Gasteiger partial charge in [0.25, 0.3) is 0 Å². The van der Waals surface area contributed by atoms with Gasteiger partial charge in [0.05, 0.1) is 6.61 Å². The minimum absolute atomic E-state index is 0.0179. The molecule has 1 aliphatic rings. The van der Waals surface area contributed by atoms with Gasteiger partial charge in [0.2, 0.25) is 5.91 Å². The van der Waals surface area contributed by atoms with Gasteiger partial charge >= 0.3 is 0 Å². The van der Waals surface area contributed by atoms with Crippen LogP contribution < -0.4 is 16.8 Å². The maximum atomic E-state index is 10.8. The Morgan fingerprint density at radius 3 is 2.50 bits per heavy atom. The Morgan fingerprint density at radius 1 is 1.38 bits per heavy atom. The second-order valence-electron chi connectivity index (χ2n) is 4.74. The molecule has 0 aromatic rings. The Morgan fingerprint density at radius 2 is 2.00 bits per heavy atom.